The zero-order valence-electron chi connectivity index (χ0n) is 11.6. The summed E-state index contributed by atoms with van der Waals surface area (Å²) in [4.78, 5) is 4.11. The fraction of sp³-hybridized carbons (Fsp3) is 0.125. The first-order valence-corrected chi connectivity index (χ1v) is 6.77. The van der Waals surface area contributed by atoms with Crippen LogP contribution in [0.5, 0.6) is 5.75 Å². The molecule has 1 aromatic carbocycles. The van der Waals surface area contributed by atoms with Crippen LogP contribution in [0.2, 0.25) is 0 Å². The highest BCUT2D eigenvalue weighted by Crippen LogP contribution is 2.40. The molecule has 21 heavy (non-hydrogen) atoms. The Balaban J connectivity index is 1.70. The van der Waals surface area contributed by atoms with Crippen molar-refractivity contribution in [2.45, 2.75) is 6.42 Å². The van der Waals surface area contributed by atoms with Gasteiger partial charge in [0.25, 0.3) is 0 Å². The van der Waals surface area contributed by atoms with Gasteiger partial charge in [0.2, 0.25) is 0 Å². The van der Waals surface area contributed by atoms with Crippen LogP contribution in [0.15, 0.2) is 42.7 Å². The Morgan fingerprint density at radius 3 is 3.05 bits per heavy atom. The van der Waals surface area contributed by atoms with Crippen LogP contribution in [0.3, 0.4) is 0 Å². The number of benzene rings is 1. The van der Waals surface area contributed by atoms with Crippen molar-refractivity contribution >= 4 is 11.5 Å². The maximum atomic E-state index is 5.29. The number of nitrogens with zero attached hydrogens (tertiary/aromatic N) is 2. The molecule has 0 radical (unpaired) electrons. The molecule has 2 N–H and O–H groups in total. The number of fused-ring (bicyclic) bond motifs is 3. The van der Waals surface area contributed by atoms with E-state index >= 15 is 0 Å². The quantitative estimate of drug-likeness (QED) is 0.604. The van der Waals surface area contributed by atoms with Gasteiger partial charge in [-0.3, -0.25) is 10.1 Å². The molecule has 0 fully saturated rings. The highest BCUT2D eigenvalue weighted by atomic mass is 16.5. The molecule has 2 heterocycles. The Labute approximate surface area is 122 Å². The van der Waals surface area contributed by atoms with Gasteiger partial charge < -0.3 is 10.1 Å². The van der Waals surface area contributed by atoms with Crippen molar-refractivity contribution in [3.8, 4) is 17.0 Å². The molecule has 0 bridgehead atoms. The van der Waals surface area contributed by atoms with Gasteiger partial charge in [-0.2, -0.15) is 5.10 Å². The zero-order valence-corrected chi connectivity index (χ0v) is 11.6. The van der Waals surface area contributed by atoms with Gasteiger partial charge in [0.15, 0.2) is 0 Å². The second-order valence-electron chi connectivity index (χ2n) is 4.99. The maximum Gasteiger partial charge on any atom is 0.130 e. The highest BCUT2D eigenvalue weighted by Gasteiger charge is 2.25. The summed E-state index contributed by atoms with van der Waals surface area (Å²) in [6, 6.07) is 9.99. The lowest BCUT2D eigenvalue weighted by molar-refractivity contribution is 0.414. The minimum Gasteiger partial charge on any atom is -0.497 e. The van der Waals surface area contributed by atoms with Crippen LogP contribution in [-0.2, 0) is 6.42 Å². The molecule has 5 nitrogen and oxygen atoms in total. The molecule has 0 unspecified atom stereocenters. The molecule has 2 aromatic heterocycles. The van der Waals surface area contributed by atoms with Gasteiger partial charge in [-0.1, -0.05) is 0 Å². The summed E-state index contributed by atoms with van der Waals surface area (Å²) in [5, 5.41) is 10.9. The van der Waals surface area contributed by atoms with Crippen LogP contribution in [0.4, 0.5) is 11.5 Å². The molecular weight excluding hydrogens is 264 g/mol. The zero-order chi connectivity index (χ0) is 14.2. The van der Waals surface area contributed by atoms with E-state index in [2.05, 4.69) is 32.6 Å². The fourth-order valence-electron chi connectivity index (χ4n) is 2.71. The van der Waals surface area contributed by atoms with E-state index in [9.17, 15) is 0 Å². The van der Waals surface area contributed by atoms with E-state index in [1.807, 2.05) is 18.2 Å². The summed E-state index contributed by atoms with van der Waals surface area (Å²) >= 11 is 0. The van der Waals surface area contributed by atoms with E-state index in [0.29, 0.717) is 0 Å². The number of pyridine rings is 1. The Bertz CT molecular complexity index is 795. The predicted octanol–water partition coefficient (Wildman–Crippen LogP) is 3.13. The molecule has 0 spiro atoms. The van der Waals surface area contributed by atoms with Crippen LogP contribution in [0, 0.1) is 0 Å². The summed E-state index contributed by atoms with van der Waals surface area (Å²) < 4.78 is 5.29. The van der Waals surface area contributed by atoms with E-state index in [0.717, 1.165) is 29.4 Å². The van der Waals surface area contributed by atoms with Gasteiger partial charge in [-0.05, 0) is 35.9 Å². The Kier molecular flexibility index (Phi) is 2.64. The number of rotatable bonds is 3. The SMILES string of the molecule is COc1ccc2c(c1)Cc1c-2n[nH]c1Nc1cccnc1. The van der Waals surface area contributed by atoms with Crippen molar-refractivity contribution in [2.75, 3.05) is 12.4 Å². The summed E-state index contributed by atoms with van der Waals surface area (Å²) in [6.45, 7) is 0. The third-order valence-corrected chi connectivity index (χ3v) is 3.73. The van der Waals surface area contributed by atoms with Crippen molar-refractivity contribution in [3.05, 3.63) is 53.9 Å². The van der Waals surface area contributed by atoms with Crippen LogP contribution in [0.25, 0.3) is 11.3 Å². The average Bonchev–Trinajstić information content (AvgIpc) is 3.07. The van der Waals surface area contributed by atoms with Gasteiger partial charge in [0, 0.05) is 23.7 Å². The Hall–Kier alpha value is -2.82. The first kappa shape index (κ1) is 12.0. The van der Waals surface area contributed by atoms with E-state index in [-0.39, 0.29) is 0 Å². The second kappa shape index (κ2) is 4.63. The predicted molar refractivity (Wildman–Crippen MR) is 80.9 cm³/mol. The Morgan fingerprint density at radius 2 is 2.24 bits per heavy atom. The smallest absolute Gasteiger partial charge is 0.130 e. The number of H-pyrrole nitrogens is 1. The number of aromatic amines is 1. The normalized spacial score (nSPS) is 11.9. The van der Waals surface area contributed by atoms with Crippen molar-refractivity contribution in [3.63, 3.8) is 0 Å². The minimum atomic E-state index is 0.848. The summed E-state index contributed by atoms with van der Waals surface area (Å²) in [7, 11) is 1.69. The van der Waals surface area contributed by atoms with E-state index < -0.39 is 0 Å². The largest absolute Gasteiger partial charge is 0.497 e. The molecule has 1 aliphatic carbocycles. The summed E-state index contributed by atoms with van der Waals surface area (Å²) in [6.07, 6.45) is 4.39. The van der Waals surface area contributed by atoms with E-state index in [1.54, 1.807) is 19.5 Å². The van der Waals surface area contributed by atoms with E-state index in [4.69, 9.17) is 4.74 Å². The van der Waals surface area contributed by atoms with Gasteiger partial charge >= 0.3 is 0 Å². The summed E-state index contributed by atoms with van der Waals surface area (Å²) in [5.74, 6) is 1.80. The standard InChI is InChI=1S/C16H14N4O/c1-21-12-4-5-13-10(7-12)8-14-15(13)19-20-16(14)18-11-3-2-6-17-9-11/h2-7,9H,8H2,1H3,(H2,18,19,20). The number of hydrogen-bond donors (Lipinski definition) is 2. The topological polar surface area (TPSA) is 62.8 Å². The van der Waals surface area contributed by atoms with Crippen LogP contribution in [-0.4, -0.2) is 22.3 Å². The van der Waals surface area contributed by atoms with Crippen molar-refractivity contribution in [1.29, 1.82) is 0 Å². The van der Waals surface area contributed by atoms with Crippen molar-refractivity contribution in [1.82, 2.24) is 15.2 Å². The number of anilines is 2. The number of ether oxygens (including phenoxy) is 1. The Morgan fingerprint density at radius 1 is 1.29 bits per heavy atom. The monoisotopic (exact) mass is 278 g/mol. The second-order valence-corrected chi connectivity index (χ2v) is 4.99. The lowest BCUT2D eigenvalue weighted by Gasteiger charge is -2.05. The molecule has 3 aromatic rings. The molecule has 5 heteroatoms. The first-order chi connectivity index (χ1) is 10.3. The number of aromatic nitrogens is 3. The molecule has 4 rings (SSSR count). The van der Waals surface area contributed by atoms with Gasteiger partial charge in [-0.15, -0.1) is 0 Å². The van der Waals surface area contributed by atoms with Crippen LogP contribution < -0.4 is 10.1 Å². The number of nitrogens with one attached hydrogen (secondary N) is 2. The molecule has 1 aliphatic rings. The molecule has 0 saturated carbocycles. The third kappa shape index (κ3) is 1.94. The molecule has 104 valence electrons. The highest BCUT2D eigenvalue weighted by molar-refractivity contribution is 5.80. The van der Waals surface area contributed by atoms with E-state index in [1.165, 1.54) is 16.7 Å². The summed E-state index contributed by atoms with van der Waals surface area (Å²) in [5.41, 5.74) is 5.55. The van der Waals surface area contributed by atoms with Gasteiger partial charge in [-0.25, -0.2) is 0 Å². The van der Waals surface area contributed by atoms with Gasteiger partial charge in [0.05, 0.1) is 24.7 Å². The van der Waals surface area contributed by atoms with Crippen molar-refractivity contribution in [2.24, 2.45) is 0 Å². The number of methoxy groups -OCH3 is 1. The fourth-order valence-corrected chi connectivity index (χ4v) is 2.71. The first-order valence-electron chi connectivity index (χ1n) is 6.77. The average molecular weight is 278 g/mol. The minimum absolute atomic E-state index is 0.848. The van der Waals surface area contributed by atoms with Crippen LogP contribution in [0.1, 0.15) is 11.1 Å². The number of hydrogen-bond acceptors (Lipinski definition) is 4. The lowest BCUT2D eigenvalue weighted by atomic mass is 10.1. The molecule has 0 saturated heterocycles. The van der Waals surface area contributed by atoms with Gasteiger partial charge in [0.1, 0.15) is 11.6 Å². The molecule has 0 atom stereocenters. The third-order valence-electron chi connectivity index (χ3n) is 3.73. The lowest BCUT2D eigenvalue weighted by Crippen LogP contribution is -1.95. The molecular formula is C16H14N4O. The molecule has 0 aliphatic heterocycles. The maximum absolute atomic E-state index is 5.29. The molecule has 0 amide bonds. The van der Waals surface area contributed by atoms with Crippen molar-refractivity contribution < 1.29 is 4.74 Å². The van der Waals surface area contributed by atoms with Crippen LogP contribution >= 0.6 is 0 Å².